The van der Waals surface area contributed by atoms with E-state index in [-0.39, 0.29) is 24.7 Å². The lowest BCUT2D eigenvalue weighted by Crippen LogP contribution is -2.44. The Kier molecular flexibility index (Phi) is 9.18. The number of esters is 1. The number of aromatic nitrogens is 6. The fraction of sp³-hybridized carbons (Fsp3) is 0.520. The lowest BCUT2D eigenvalue weighted by Gasteiger charge is -2.27. The molecular weight excluding hydrogens is 508 g/mol. The molecule has 208 valence electrons. The van der Waals surface area contributed by atoms with Gasteiger partial charge < -0.3 is 24.5 Å². The number of rotatable bonds is 13. The molecule has 1 N–H and O–H groups in total. The fourth-order valence-corrected chi connectivity index (χ4v) is 4.75. The van der Waals surface area contributed by atoms with Crippen molar-refractivity contribution in [1.29, 1.82) is 0 Å². The Bertz CT molecular complexity index is 1250. The minimum atomic E-state index is -0.832. The van der Waals surface area contributed by atoms with Crippen LogP contribution in [-0.2, 0) is 20.7 Å². The number of methoxy groups -OCH3 is 1. The van der Waals surface area contributed by atoms with Crippen molar-refractivity contribution in [3.05, 3.63) is 58.3 Å². The number of H-pyrrole nitrogens is 1. The lowest BCUT2D eigenvalue weighted by molar-refractivity contribution is -0.389. The smallest absolute Gasteiger partial charge is 0.381 e. The van der Waals surface area contributed by atoms with E-state index in [2.05, 4.69) is 32.5 Å². The van der Waals surface area contributed by atoms with Gasteiger partial charge in [-0.25, -0.2) is 4.79 Å². The number of carbonyl (C=O) groups is 2. The van der Waals surface area contributed by atoms with Crippen LogP contribution in [0.5, 0.6) is 5.75 Å². The summed E-state index contributed by atoms with van der Waals surface area (Å²) in [5.41, 5.74) is 0.972. The zero-order valence-corrected chi connectivity index (χ0v) is 21.9. The molecule has 0 bridgehead atoms. The number of tetrazole rings is 1. The van der Waals surface area contributed by atoms with E-state index in [1.807, 2.05) is 24.3 Å². The van der Waals surface area contributed by atoms with Crippen molar-refractivity contribution in [3.63, 3.8) is 0 Å². The summed E-state index contributed by atoms with van der Waals surface area (Å²) in [6.45, 7) is 2.26. The van der Waals surface area contributed by atoms with E-state index >= 15 is 0 Å². The first-order valence-corrected chi connectivity index (χ1v) is 12.9. The Morgan fingerprint density at radius 3 is 2.67 bits per heavy atom. The number of aromatic amines is 1. The first kappa shape index (κ1) is 27.7. The minimum absolute atomic E-state index is 0.172. The van der Waals surface area contributed by atoms with E-state index in [0.29, 0.717) is 24.4 Å². The highest BCUT2D eigenvalue weighted by atomic mass is 16.6. The maximum absolute atomic E-state index is 13.8. The molecule has 1 saturated heterocycles. The molecule has 3 atom stereocenters. The van der Waals surface area contributed by atoms with Gasteiger partial charge in [0.1, 0.15) is 30.1 Å². The topological polar surface area (TPSA) is 171 Å². The monoisotopic (exact) mass is 540 g/mol. The molecule has 1 aliphatic heterocycles. The second-order valence-electron chi connectivity index (χ2n) is 9.46. The van der Waals surface area contributed by atoms with Gasteiger partial charge in [-0.3, -0.25) is 9.36 Å². The summed E-state index contributed by atoms with van der Waals surface area (Å²) in [7, 11) is 1.28. The first-order chi connectivity index (χ1) is 18.9. The summed E-state index contributed by atoms with van der Waals surface area (Å²) in [4.78, 5) is 42.4. The Hall–Kier alpha value is -4.36. The number of nitro groups is 1. The molecule has 1 aromatic carbocycles. The van der Waals surface area contributed by atoms with E-state index in [1.165, 1.54) is 29.1 Å². The molecule has 1 aliphatic rings. The molecule has 0 unspecified atom stereocenters. The summed E-state index contributed by atoms with van der Waals surface area (Å²) in [6, 6.07) is 5.84. The van der Waals surface area contributed by atoms with E-state index in [4.69, 9.17) is 9.47 Å². The number of amides is 1. The highest BCUT2D eigenvalue weighted by molar-refractivity contribution is 5.87. The van der Waals surface area contributed by atoms with Gasteiger partial charge >= 0.3 is 11.8 Å². The number of hydrogen-bond acceptors (Lipinski definition) is 10. The molecule has 1 amide bonds. The van der Waals surface area contributed by atoms with Crippen LogP contribution in [0.15, 0.2) is 36.8 Å². The van der Waals surface area contributed by atoms with Crippen molar-refractivity contribution in [2.45, 2.75) is 70.1 Å². The van der Waals surface area contributed by atoms with E-state index in [1.54, 1.807) is 0 Å². The van der Waals surface area contributed by atoms with Crippen molar-refractivity contribution in [2.24, 2.45) is 0 Å². The maximum Gasteiger partial charge on any atom is 0.381 e. The van der Waals surface area contributed by atoms with Crippen LogP contribution in [0, 0.1) is 10.1 Å². The second kappa shape index (κ2) is 12.9. The van der Waals surface area contributed by atoms with Crippen LogP contribution >= 0.6 is 0 Å². The Labute approximate surface area is 224 Å². The van der Waals surface area contributed by atoms with Crippen molar-refractivity contribution in [1.82, 2.24) is 35.1 Å². The van der Waals surface area contributed by atoms with Gasteiger partial charge in [0.05, 0.1) is 13.7 Å². The lowest BCUT2D eigenvalue weighted by atomic mass is 10.1. The summed E-state index contributed by atoms with van der Waals surface area (Å²) >= 11 is 0. The Morgan fingerprint density at radius 1 is 1.23 bits per heavy atom. The number of unbranched alkanes of at least 4 members (excludes halogenated alkanes) is 3. The van der Waals surface area contributed by atoms with Crippen LogP contribution in [0.3, 0.4) is 0 Å². The van der Waals surface area contributed by atoms with Gasteiger partial charge in [-0.2, -0.15) is 5.21 Å². The summed E-state index contributed by atoms with van der Waals surface area (Å²) in [5, 5.41) is 25.1. The summed E-state index contributed by atoms with van der Waals surface area (Å²) < 4.78 is 12.6. The van der Waals surface area contributed by atoms with Gasteiger partial charge in [0, 0.05) is 12.8 Å². The van der Waals surface area contributed by atoms with Gasteiger partial charge in [-0.15, -0.1) is 10.2 Å². The average molecular weight is 541 g/mol. The molecule has 14 heteroatoms. The van der Waals surface area contributed by atoms with E-state index in [0.717, 1.165) is 31.2 Å². The Balaban J connectivity index is 1.48. The second-order valence-corrected chi connectivity index (χ2v) is 9.46. The zero-order chi connectivity index (χ0) is 27.8. The van der Waals surface area contributed by atoms with Crippen LogP contribution in [-0.4, -0.2) is 77.7 Å². The van der Waals surface area contributed by atoms with Crippen molar-refractivity contribution >= 4 is 17.7 Å². The third-order valence-electron chi connectivity index (χ3n) is 6.75. The number of carbonyl (C=O) groups excluding carboxylic acids is 2. The Morgan fingerprint density at radius 2 is 2.03 bits per heavy atom. The molecule has 14 nitrogen and oxygen atoms in total. The average Bonchev–Trinajstić information content (AvgIpc) is 3.71. The fourth-order valence-electron chi connectivity index (χ4n) is 4.75. The SMILES string of the molecule is CCCCCC[C@H](C(=O)N1C[C@@H](Oc2ccc(Cc3nn[nH]n3)cc2)C[C@H]1C(=O)OC)n1cnc([N+](=O)[O-])c1. The van der Waals surface area contributed by atoms with Gasteiger partial charge in [-0.05, 0) is 34.0 Å². The van der Waals surface area contributed by atoms with Gasteiger partial charge in [0.15, 0.2) is 5.82 Å². The standard InChI is InChI=1S/C25H32N8O6/c1-3-4-5-6-7-20(31-15-23(26-16-31)33(36)37)24(34)32-14-19(13-21(32)25(35)38-2)39-18-10-8-17(9-11-18)12-22-27-29-30-28-22/h8-11,15-16,19-21H,3-7,12-14H2,1-2H3,(H,27,28,29,30)/t19-,20+,21-/m0/s1. The van der Waals surface area contributed by atoms with Gasteiger partial charge in [0.2, 0.25) is 12.2 Å². The number of benzene rings is 1. The molecular formula is C25H32N8O6. The number of nitrogens with one attached hydrogen (secondary N) is 1. The zero-order valence-electron chi connectivity index (χ0n) is 21.9. The number of imidazole rings is 1. The molecule has 4 rings (SSSR count). The quantitative estimate of drug-likeness (QED) is 0.147. The number of hydrogen-bond donors (Lipinski definition) is 1. The van der Waals surface area contributed by atoms with Crippen molar-refractivity contribution in [2.75, 3.05) is 13.7 Å². The third kappa shape index (κ3) is 6.94. The van der Waals surface area contributed by atoms with Crippen molar-refractivity contribution < 1.29 is 24.0 Å². The maximum atomic E-state index is 13.8. The summed E-state index contributed by atoms with van der Waals surface area (Å²) in [6.07, 6.45) is 7.07. The summed E-state index contributed by atoms with van der Waals surface area (Å²) in [5.74, 6) is -0.0311. The van der Waals surface area contributed by atoms with Crippen LogP contribution < -0.4 is 4.74 Å². The number of nitrogens with zero attached hydrogens (tertiary/aromatic N) is 7. The predicted molar refractivity (Wildman–Crippen MR) is 137 cm³/mol. The van der Waals surface area contributed by atoms with Gasteiger partial charge in [0.25, 0.3) is 0 Å². The number of likely N-dealkylation sites (tertiary alicyclic amines) is 1. The molecule has 3 heterocycles. The molecule has 0 spiro atoms. The molecule has 0 radical (unpaired) electrons. The largest absolute Gasteiger partial charge is 0.488 e. The highest BCUT2D eigenvalue weighted by Gasteiger charge is 2.44. The molecule has 3 aromatic rings. The number of ether oxygens (including phenoxy) is 2. The van der Waals surface area contributed by atoms with Crippen LogP contribution in [0.4, 0.5) is 5.82 Å². The minimum Gasteiger partial charge on any atom is -0.488 e. The third-order valence-corrected chi connectivity index (χ3v) is 6.75. The first-order valence-electron chi connectivity index (χ1n) is 12.9. The van der Waals surface area contributed by atoms with Crippen molar-refractivity contribution in [3.8, 4) is 5.75 Å². The predicted octanol–water partition coefficient (Wildman–Crippen LogP) is 2.63. The molecule has 0 aliphatic carbocycles. The highest BCUT2D eigenvalue weighted by Crippen LogP contribution is 2.29. The van der Waals surface area contributed by atoms with E-state index < -0.39 is 29.1 Å². The van der Waals surface area contributed by atoms with Crippen LogP contribution in [0.25, 0.3) is 0 Å². The molecule has 0 saturated carbocycles. The molecule has 2 aromatic heterocycles. The van der Waals surface area contributed by atoms with Gasteiger partial charge in [-0.1, -0.05) is 50.0 Å². The van der Waals surface area contributed by atoms with E-state index in [9.17, 15) is 19.7 Å². The van der Waals surface area contributed by atoms with Crippen LogP contribution in [0.1, 0.15) is 62.9 Å². The molecule has 39 heavy (non-hydrogen) atoms. The normalized spacial score (nSPS) is 17.6. The van der Waals surface area contributed by atoms with Crippen LogP contribution in [0.2, 0.25) is 0 Å². The molecule has 1 fully saturated rings.